The largest absolute Gasteiger partial charge is 0.493 e. The Morgan fingerprint density at radius 3 is 2.80 bits per heavy atom. The van der Waals surface area contributed by atoms with Gasteiger partial charge in [-0.05, 0) is 43.5 Å². The molecule has 3 rings (SSSR count). The van der Waals surface area contributed by atoms with E-state index < -0.39 is 0 Å². The number of nitrogens with one attached hydrogen (secondary N) is 1. The molecular weight excluding hydrogens is 256 g/mol. The molecule has 2 aliphatic rings. The van der Waals surface area contributed by atoms with Crippen LogP contribution in [0.4, 0.5) is 5.69 Å². The highest BCUT2D eigenvalue weighted by molar-refractivity contribution is 5.76. The number of ether oxygens (including phenoxy) is 2. The van der Waals surface area contributed by atoms with Crippen molar-refractivity contribution in [3.8, 4) is 5.75 Å². The van der Waals surface area contributed by atoms with Gasteiger partial charge in [0.05, 0.1) is 31.3 Å². The minimum Gasteiger partial charge on any atom is -0.493 e. The number of fused-ring (bicyclic) bond motifs is 2. The fourth-order valence-corrected chi connectivity index (χ4v) is 2.89. The van der Waals surface area contributed by atoms with Gasteiger partial charge in [0.1, 0.15) is 5.75 Å². The van der Waals surface area contributed by atoms with Crippen molar-refractivity contribution in [1.82, 2.24) is 5.32 Å². The quantitative estimate of drug-likeness (QED) is 0.799. The molecule has 5 heteroatoms. The van der Waals surface area contributed by atoms with Gasteiger partial charge in [0.25, 0.3) is 0 Å². The highest BCUT2D eigenvalue weighted by Gasteiger charge is 2.41. The molecule has 2 bridgehead atoms. The zero-order valence-corrected chi connectivity index (χ0v) is 11.4. The molecule has 1 aromatic carbocycles. The summed E-state index contributed by atoms with van der Waals surface area (Å²) in [6.07, 6.45) is 4.10. The highest BCUT2D eigenvalue weighted by atomic mass is 16.5. The second-order valence-corrected chi connectivity index (χ2v) is 5.45. The average Bonchev–Trinajstić information content (AvgIpc) is 3.03. The number of hydrogen-bond acceptors (Lipinski definition) is 4. The number of benzene rings is 1. The number of carbonyl (C=O) groups excluding carboxylic acids is 1. The van der Waals surface area contributed by atoms with Gasteiger partial charge in [-0.2, -0.15) is 0 Å². The minimum atomic E-state index is 0.0293. The zero-order valence-electron chi connectivity index (χ0n) is 11.4. The van der Waals surface area contributed by atoms with Gasteiger partial charge < -0.3 is 20.5 Å². The molecule has 3 unspecified atom stereocenters. The van der Waals surface area contributed by atoms with Crippen LogP contribution in [-0.4, -0.2) is 30.8 Å². The second-order valence-electron chi connectivity index (χ2n) is 5.45. The number of hydrogen-bond donors (Lipinski definition) is 2. The maximum atomic E-state index is 11.9. The van der Waals surface area contributed by atoms with Crippen molar-refractivity contribution in [1.29, 1.82) is 0 Å². The minimum absolute atomic E-state index is 0.0293. The Morgan fingerprint density at radius 1 is 1.35 bits per heavy atom. The van der Waals surface area contributed by atoms with E-state index in [-0.39, 0.29) is 18.1 Å². The van der Waals surface area contributed by atoms with Gasteiger partial charge >= 0.3 is 0 Å². The Morgan fingerprint density at radius 2 is 2.15 bits per heavy atom. The molecule has 108 valence electrons. The lowest BCUT2D eigenvalue weighted by Crippen LogP contribution is -2.41. The predicted molar refractivity (Wildman–Crippen MR) is 75.4 cm³/mol. The standard InChI is InChI=1S/C15H20N2O3/c16-10-1-3-11(4-2-10)19-8-7-15(18)17-13-9-12-5-6-14(13)20-12/h1-4,12-14H,5-9,16H2,(H,17,18). The van der Waals surface area contributed by atoms with E-state index >= 15 is 0 Å². The summed E-state index contributed by atoms with van der Waals surface area (Å²) in [5, 5.41) is 3.04. The molecule has 2 fully saturated rings. The third kappa shape index (κ3) is 3.04. The first-order chi connectivity index (χ1) is 9.70. The summed E-state index contributed by atoms with van der Waals surface area (Å²) in [7, 11) is 0. The van der Waals surface area contributed by atoms with Crippen LogP contribution in [0.2, 0.25) is 0 Å². The molecule has 5 nitrogen and oxygen atoms in total. The van der Waals surface area contributed by atoms with Gasteiger partial charge in [-0.25, -0.2) is 0 Å². The van der Waals surface area contributed by atoms with Crippen molar-refractivity contribution in [3.63, 3.8) is 0 Å². The molecule has 3 atom stereocenters. The van der Waals surface area contributed by atoms with Crippen LogP contribution in [0.5, 0.6) is 5.75 Å². The van der Waals surface area contributed by atoms with E-state index in [1.807, 2.05) is 0 Å². The maximum absolute atomic E-state index is 11.9. The topological polar surface area (TPSA) is 73.6 Å². The van der Waals surface area contributed by atoms with Gasteiger partial charge in [-0.15, -0.1) is 0 Å². The van der Waals surface area contributed by atoms with Crippen LogP contribution in [0.1, 0.15) is 25.7 Å². The van der Waals surface area contributed by atoms with Crippen LogP contribution in [0.15, 0.2) is 24.3 Å². The third-order valence-corrected chi connectivity index (χ3v) is 3.93. The van der Waals surface area contributed by atoms with Crippen molar-refractivity contribution >= 4 is 11.6 Å². The summed E-state index contributed by atoms with van der Waals surface area (Å²) in [5.41, 5.74) is 6.29. The first-order valence-corrected chi connectivity index (χ1v) is 7.14. The second kappa shape index (κ2) is 5.71. The van der Waals surface area contributed by atoms with Crippen LogP contribution in [-0.2, 0) is 9.53 Å². The molecule has 0 radical (unpaired) electrons. The van der Waals surface area contributed by atoms with E-state index in [0.29, 0.717) is 24.8 Å². The van der Waals surface area contributed by atoms with E-state index in [1.165, 1.54) is 0 Å². The molecule has 2 heterocycles. The van der Waals surface area contributed by atoms with Crippen molar-refractivity contribution in [2.45, 2.75) is 43.9 Å². The summed E-state index contributed by atoms with van der Waals surface area (Å²) in [6.45, 7) is 0.372. The molecule has 0 saturated carbocycles. The summed E-state index contributed by atoms with van der Waals surface area (Å²) in [4.78, 5) is 11.9. The summed E-state index contributed by atoms with van der Waals surface area (Å²) < 4.78 is 11.2. The van der Waals surface area contributed by atoms with E-state index in [9.17, 15) is 4.79 Å². The number of anilines is 1. The van der Waals surface area contributed by atoms with E-state index in [4.69, 9.17) is 15.2 Å². The van der Waals surface area contributed by atoms with Crippen molar-refractivity contribution in [2.75, 3.05) is 12.3 Å². The predicted octanol–water partition coefficient (Wildman–Crippen LogP) is 1.47. The van der Waals surface area contributed by atoms with Gasteiger partial charge in [-0.1, -0.05) is 0 Å². The third-order valence-electron chi connectivity index (χ3n) is 3.93. The van der Waals surface area contributed by atoms with Crippen molar-refractivity contribution in [2.24, 2.45) is 0 Å². The van der Waals surface area contributed by atoms with Gasteiger partial charge in [0.15, 0.2) is 0 Å². The van der Waals surface area contributed by atoms with Crippen LogP contribution in [0.3, 0.4) is 0 Å². The smallest absolute Gasteiger partial charge is 0.223 e. The Labute approximate surface area is 118 Å². The van der Waals surface area contributed by atoms with Crippen LogP contribution >= 0.6 is 0 Å². The van der Waals surface area contributed by atoms with E-state index in [0.717, 1.165) is 25.0 Å². The molecule has 0 spiro atoms. The fraction of sp³-hybridized carbons (Fsp3) is 0.533. The first kappa shape index (κ1) is 13.2. The van der Waals surface area contributed by atoms with Crippen molar-refractivity contribution < 1.29 is 14.3 Å². The lowest BCUT2D eigenvalue weighted by Gasteiger charge is -2.20. The summed E-state index contributed by atoms with van der Waals surface area (Å²) >= 11 is 0. The van der Waals surface area contributed by atoms with Gasteiger partial charge in [0, 0.05) is 5.69 Å². The summed E-state index contributed by atoms with van der Waals surface area (Å²) in [5.74, 6) is 0.761. The molecule has 2 saturated heterocycles. The molecule has 0 aliphatic carbocycles. The number of nitrogens with two attached hydrogens (primary N) is 1. The Hall–Kier alpha value is -1.75. The molecule has 0 aromatic heterocycles. The molecule has 3 N–H and O–H groups in total. The molecule has 1 aromatic rings. The lowest BCUT2D eigenvalue weighted by atomic mass is 9.95. The average molecular weight is 276 g/mol. The molecule has 2 aliphatic heterocycles. The van der Waals surface area contributed by atoms with Crippen LogP contribution in [0.25, 0.3) is 0 Å². The Bertz CT molecular complexity index is 475. The van der Waals surface area contributed by atoms with Crippen LogP contribution < -0.4 is 15.8 Å². The SMILES string of the molecule is Nc1ccc(OCCC(=O)NC2CC3CCC2O3)cc1. The van der Waals surface area contributed by atoms with Gasteiger partial charge in [-0.3, -0.25) is 4.79 Å². The van der Waals surface area contributed by atoms with E-state index in [2.05, 4.69) is 5.32 Å². The van der Waals surface area contributed by atoms with Gasteiger partial charge in [0.2, 0.25) is 5.91 Å². The van der Waals surface area contributed by atoms with Crippen LogP contribution in [0, 0.1) is 0 Å². The highest BCUT2D eigenvalue weighted by Crippen LogP contribution is 2.34. The fourth-order valence-electron chi connectivity index (χ4n) is 2.89. The Balaban J connectivity index is 1.38. The maximum Gasteiger partial charge on any atom is 0.223 e. The molecule has 1 amide bonds. The number of carbonyl (C=O) groups is 1. The first-order valence-electron chi connectivity index (χ1n) is 7.14. The van der Waals surface area contributed by atoms with Crippen molar-refractivity contribution in [3.05, 3.63) is 24.3 Å². The van der Waals surface area contributed by atoms with E-state index in [1.54, 1.807) is 24.3 Å². The lowest BCUT2D eigenvalue weighted by molar-refractivity contribution is -0.122. The summed E-state index contributed by atoms with van der Waals surface area (Å²) in [6, 6.07) is 7.36. The Kier molecular flexibility index (Phi) is 3.78. The number of amides is 1. The molecular formula is C15H20N2O3. The number of rotatable bonds is 5. The zero-order chi connectivity index (χ0) is 13.9. The monoisotopic (exact) mass is 276 g/mol. The number of nitrogen functional groups attached to an aromatic ring is 1. The molecule has 20 heavy (non-hydrogen) atoms. The normalized spacial score (nSPS) is 27.5.